The molecular formula is C22H21N5O2. The van der Waals surface area contributed by atoms with E-state index in [0.29, 0.717) is 29.6 Å². The second-order valence-corrected chi connectivity index (χ2v) is 6.91. The van der Waals surface area contributed by atoms with E-state index in [1.165, 1.54) is 12.5 Å². The number of fused-ring (bicyclic) bond motifs is 1. The number of carbonyl (C=O) groups excluding carboxylic acids is 2. The van der Waals surface area contributed by atoms with Crippen molar-refractivity contribution in [1.29, 1.82) is 0 Å². The van der Waals surface area contributed by atoms with Crippen LogP contribution in [0.4, 0.5) is 22.9 Å². The Morgan fingerprint density at radius 3 is 2.62 bits per heavy atom. The first-order valence-electron chi connectivity index (χ1n) is 9.40. The highest BCUT2D eigenvalue weighted by Crippen LogP contribution is 2.29. The van der Waals surface area contributed by atoms with Gasteiger partial charge in [-0.15, -0.1) is 0 Å². The van der Waals surface area contributed by atoms with Crippen LogP contribution in [0.3, 0.4) is 0 Å². The lowest BCUT2D eigenvalue weighted by Crippen LogP contribution is -2.30. The van der Waals surface area contributed by atoms with Crippen LogP contribution in [0.1, 0.15) is 28.8 Å². The van der Waals surface area contributed by atoms with Gasteiger partial charge in [0.1, 0.15) is 17.3 Å². The molecule has 0 unspecified atom stereocenters. The second-order valence-electron chi connectivity index (χ2n) is 6.91. The third kappa shape index (κ3) is 4.08. The van der Waals surface area contributed by atoms with Gasteiger partial charge in [0.2, 0.25) is 5.91 Å². The van der Waals surface area contributed by atoms with Gasteiger partial charge in [-0.3, -0.25) is 9.59 Å². The molecule has 1 aliphatic rings. The lowest BCUT2D eigenvalue weighted by atomic mass is 10.2. The highest BCUT2D eigenvalue weighted by Gasteiger charge is 2.26. The molecule has 3 aromatic rings. The normalized spacial score (nSPS) is 12.4. The largest absolute Gasteiger partial charge is 0.340 e. The molecule has 0 radical (unpaired) electrons. The molecule has 0 aliphatic carbocycles. The lowest BCUT2D eigenvalue weighted by Gasteiger charge is -2.17. The fraction of sp³-hybridized carbons (Fsp3) is 0.182. The molecule has 146 valence electrons. The van der Waals surface area contributed by atoms with Gasteiger partial charge < -0.3 is 15.5 Å². The van der Waals surface area contributed by atoms with Gasteiger partial charge in [-0.2, -0.15) is 0 Å². The molecule has 1 aliphatic heterocycles. The summed E-state index contributed by atoms with van der Waals surface area (Å²) in [5.74, 6) is 0.742. The number of nitrogens with one attached hydrogen (secondary N) is 2. The van der Waals surface area contributed by atoms with Crippen LogP contribution in [0.25, 0.3) is 0 Å². The Hall–Kier alpha value is -3.74. The van der Waals surface area contributed by atoms with Crippen LogP contribution in [0.5, 0.6) is 0 Å². The maximum Gasteiger partial charge on any atom is 0.277 e. The van der Waals surface area contributed by atoms with E-state index in [9.17, 15) is 9.59 Å². The number of amides is 2. The van der Waals surface area contributed by atoms with Crippen molar-refractivity contribution in [2.24, 2.45) is 0 Å². The van der Waals surface area contributed by atoms with Gasteiger partial charge in [-0.1, -0.05) is 24.3 Å². The number of para-hydroxylation sites is 1. The molecule has 2 N–H and O–H groups in total. The van der Waals surface area contributed by atoms with Gasteiger partial charge in [0.15, 0.2) is 0 Å². The molecule has 2 aromatic carbocycles. The third-order valence-corrected chi connectivity index (χ3v) is 4.64. The summed E-state index contributed by atoms with van der Waals surface area (Å²) in [5, 5.41) is 5.94. The summed E-state index contributed by atoms with van der Waals surface area (Å²) in [6.45, 7) is 3.86. The van der Waals surface area contributed by atoms with Crippen molar-refractivity contribution < 1.29 is 9.59 Å². The maximum absolute atomic E-state index is 13.1. The van der Waals surface area contributed by atoms with Crippen LogP contribution in [0, 0.1) is 6.92 Å². The van der Waals surface area contributed by atoms with Crippen molar-refractivity contribution in [3.05, 3.63) is 71.7 Å². The van der Waals surface area contributed by atoms with Crippen molar-refractivity contribution in [2.75, 3.05) is 22.1 Å². The van der Waals surface area contributed by atoms with E-state index in [1.807, 2.05) is 36.4 Å². The predicted molar refractivity (Wildman–Crippen MR) is 113 cm³/mol. The maximum atomic E-state index is 13.1. The molecule has 1 aromatic heterocycles. The number of aryl methyl sites for hydroxylation is 1. The summed E-state index contributed by atoms with van der Waals surface area (Å²) >= 11 is 0. The summed E-state index contributed by atoms with van der Waals surface area (Å²) in [6.07, 6.45) is 0.840. The minimum absolute atomic E-state index is 0.140. The van der Waals surface area contributed by atoms with Crippen molar-refractivity contribution >= 4 is 34.7 Å². The summed E-state index contributed by atoms with van der Waals surface area (Å²) in [4.78, 5) is 34.9. The third-order valence-electron chi connectivity index (χ3n) is 4.64. The molecule has 0 bridgehead atoms. The van der Waals surface area contributed by atoms with Gasteiger partial charge >= 0.3 is 0 Å². The summed E-state index contributed by atoms with van der Waals surface area (Å²) in [6, 6.07) is 16.9. The number of nitrogens with zero attached hydrogens (tertiary/aromatic N) is 3. The van der Waals surface area contributed by atoms with Gasteiger partial charge in [0.25, 0.3) is 5.91 Å². The monoisotopic (exact) mass is 387 g/mol. The van der Waals surface area contributed by atoms with Crippen LogP contribution in [0.15, 0.2) is 54.6 Å². The molecule has 2 amide bonds. The van der Waals surface area contributed by atoms with Crippen LogP contribution < -0.4 is 15.5 Å². The number of hydrogen-bond acceptors (Lipinski definition) is 5. The molecule has 0 saturated carbocycles. The Morgan fingerprint density at radius 1 is 1.00 bits per heavy atom. The zero-order valence-corrected chi connectivity index (χ0v) is 16.3. The lowest BCUT2D eigenvalue weighted by molar-refractivity contribution is -0.114. The molecule has 0 atom stereocenters. The molecule has 0 fully saturated rings. The van der Waals surface area contributed by atoms with Gasteiger partial charge in [-0.25, -0.2) is 9.97 Å². The van der Waals surface area contributed by atoms with Crippen molar-refractivity contribution in [3.63, 3.8) is 0 Å². The van der Waals surface area contributed by atoms with Crippen LogP contribution in [-0.4, -0.2) is 28.3 Å². The highest BCUT2D eigenvalue weighted by atomic mass is 16.2. The van der Waals surface area contributed by atoms with E-state index in [4.69, 9.17) is 0 Å². The van der Waals surface area contributed by atoms with E-state index < -0.39 is 0 Å². The minimum atomic E-state index is -0.143. The molecule has 2 heterocycles. The van der Waals surface area contributed by atoms with E-state index >= 15 is 0 Å². The molecule has 0 spiro atoms. The van der Waals surface area contributed by atoms with E-state index in [-0.39, 0.29) is 11.8 Å². The Bertz CT molecular complexity index is 1100. The Kier molecular flexibility index (Phi) is 4.95. The molecule has 29 heavy (non-hydrogen) atoms. The minimum Gasteiger partial charge on any atom is -0.340 e. The standard InChI is InChI=1S/C22H21N5O2/c1-14-23-19(22(29)27-11-10-16-6-3-4-9-20(16)27)13-21(24-14)26-18-8-5-7-17(12-18)25-15(2)28/h3-9,12-13H,10-11H2,1-2H3,(H,25,28)(H,23,24,26). The van der Waals surface area contributed by atoms with Crippen LogP contribution in [-0.2, 0) is 11.2 Å². The predicted octanol–water partition coefficient (Wildman–Crippen LogP) is 3.69. The Balaban J connectivity index is 1.59. The number of anilines is 4. The molecule has 4 rings (SSSR count). The number of carbonyl (C=O) groups is 2. The van der Waals surface area contributed by atoms with Crippen molar-refractivity contribution in [2.45, 2.75) is 20.3 Å². The number of aromatic nitrogens is 2. The average molecular weight is 387 g/mol. The number of rotatable bonds is 4. The quantitative estimate of drug-likeness (QED) is 0.713. The summed E-state index contributed by atoms with van der Waals surface area (Å²) in [5.41, 5.74) is 3.87. The first kappa shape index (κ1) is 18.6. The van der Waals surface area contributed by atoms with Crippen molar-refractivity contribution in [1.82, 2.24) is 9.97 Å². The van der Waals surface area contributed by atoms with Crippen LogP contribution in [0.2, 0.25) is 0 Å². The molecule has 7 nitrogen and oxygen atoms in total. The van der Waals surface area contributed by atoms with E-state index in [2.05, 4.69) is 20.6 Å². The zero-order chi connectivity index (χ0) is 20.4. The van der Waals surface area contributed by atoms with Gasteiger partial charge in [0, 0.05) is 36.6 Å². The highest BCUT2D eigenvalue weighted by molar-refractivity contribution is 6.06. The summed E-state index contributed by atoms with van der Waals surface area (Å²) in [7, 11) is 0. The van der Waals surface area contributed by atoms with Gasteiger partial charge in [-0.05, 0) is 43.2 Å². The van der Waals surface area contributed by atoms with E-state index in [1.54, 1.807) is 30.0 Å². The molecular weight excluding hydrogens is 366 g/mol. The summed E-state index contributed by atoms with van der Waals surface area (Å²) < 4.78 is 0. The molecule has 0 saturated heterocycles. The number of hydrogen-bond donors (Lipinski definition) is 2. The van der Waals surface area contributed by atoms with Crippen LogP contribution >= 0.6 is 0 Å². The fourth-order valence-electron chi connectivity index (χ4n) is 3.45. The van der Waals surface area contributed by atoms with Crippen molar-refractivity contribution in [3.8, 4) is 0 Å². The SMILES string of the molecule is CC(=O)Nc1cccc(Nc2cc(C(=O)N3CCc4ccccc43)nc(C)n2)c1. The topological polar surface area (TPSA) is 87.2 Å². The molecule has 7 heteroatoms. The second kappa shape index (κ2) is 7.71. The first-order valence-corrected chi connectivity index (χ1v) is 9.40. The smallest absolute Gasteiger partial charge is 0.277 e. The Morgan fingerprint density at radius 2 is 1.79 bits per heavy atom. The average Bonchev–Trinajstić information content (AvgIpc) is 3.11. The first-order chi connectivity index (χ1) is 14.0. The van der Waals surface area contributed by atoms with Gasteiger partial charge in [0.05, 0.1) is 0 Å². The Labute approximate surface area is 168 Å². The zero-order valence-electron chi connectivity index (χ0n) is 16.3. The fourth-order valence-corrected chi connectivity index (χ4v) is 3.45. The van der Waals surface area contributed by atoms with E-state index in [0.717, 1.165) is 17.8 Å². The number of benzene rings is 2.